The van der Waals surface area contributed by atoms with Gasteiger partial charge < -0.3 is 9.88 Å². The second kappa shape index (κ2) is 7.37. The molecule has 0 bridgehead atoms. The van der Waals surface area contributed by atoms with Crippen molar-refractivity contribution in [2.24, 2.45) is 0 Å². The number of nitrogens with one attached hydrogen (secondary N) is 1. The lowest BCUT2D eigenvalue weighted by Gasteiger charge is -2.19. The molecule has 1 amide bonds. The van der Waals surface area contributed by atoms with Crippen molar-refractivity contribution in [3.8, 4) is 0 Å². The third-order valence-corrected chi connectivity index (χ3v) is 4.41. The Kier molecular flexibility index (Phi) is 5.02. The summed E-state index contributed by atoms with van der Waals surface area (Å²) in [5.41, 5.74) is 2.81. The number of nitrogens with zero attached hydrogens (tertiary/aromatic N) is 1. The van der Waals surface area contributed by atoms with Gasteiger partial charge in [0.25, 0.3) is 0 Å². The third kappa shape index (κ3) is 3.87. The molecule has 0 radical (unpaired) electrons. The quantitative estimate of drug-likeness (QED) is 0.707. The Morgan fingerprint density at radius 2 is 1.79 bits per heavy atom. The van der Waals surface area contributed by atoms with Gasteiger partial charge in [-0.2, -0.15) is 0 Å². The second-order valence-electron chi connectivity index (χ2n) is 5.79. The number of anilines is 1. The summed E-state index contributed by atoms with van der Waals surface area (Å²) in [5, 5.41) is 3.62. The smallest absolute Gasteiger partial charge is 0.247 e. The van der Waals surface area contributed by atoms with Gasteiger partial charge in [0.05, 0.1) is 0 Å². The van der Waals surface area contributed by atoms with Crippen molar-refractivity contribution < 1.29 is 4.79 Å². The first-order chi connectivity index (χ1) is 11.6. The minimum atomic E-state index is -0.317. The highest BCUT2D eigenvalue weighted by atomic mass is 35.5. The molecule has 0 saturated heterocycles. The zero-order valence-electron chi connectivity index (χ0n) is 13.4. The standard InChI is InChI=1S/C20H19ClN2O/c1-15-9-10-17(14-18(15)21)22-20(24)19(23-11-5-6-12-23)13-16-7-3-2-4-8-16/h2-12,14,19H,13H2,1H3,(H,22,24). The van der Waals surface area contributed by atoms with E-state index in [9.17, 15) is 4.79 Å². The maximum absolute atomic E-state index is 12.8. The Balaban J connectivity index is 1.82. The van der Waals surface area contributed by atoms with E-state index < -0.39 is 0 Å². The van der Waals surface area contributed by atoms with Crippen LogP contribution in [0.2, 0.25) is 5.02 Å². The molecule has 122 valence electrons. The molecule has 0 aliphatic heterocycles. The number of aromatic nitrogens is 1. The average Bonchev–Trinajstić information content (AvgIpc) is 3.11. The second-order valence-corrected chi connectivity index (χ2v) is 6.20. The fraction of sp³-hybridized carbons (Fsp3) is 0.150. The maximum atomic E-state index is 12.8. The molecule has 0 saturated carbocycles. The Bertz CT molecular complexity index is 813. The zero-order valence-corrected chi connectivity index (χ0v) is 14.2. The number of benzene rings is 2. The molecule has 0 aliphatic carbocycles. The minimum Gasteiger partial charge on any atom is -0.342 e. The number of carbonyl (C=O) groups excluding carboxylic acids is 1. The summed E-state index contributed by atoms with van der Waals surface area (Å²) in [6.45, 7) is 1.94. The summed E-state index contributed by atoms with van der Waals surface area (Å²) >= 11 is 6.15. The van der Waals surface area contributed by atoms with Crippen molar-refractivity contribution in [3.63, 3.8) is 0 Å². The fourth-order valence-corrected chi connectivity index (χ4v) is 2.80. The number of rotatable bonds is 5. The first-order valence-electron chi connectivity index (χ1n) is 7.87. The van der Waals surface area contributed by atoms with Gasteiger partial charge in [-0.05, 0) is 42.3 Å². The molecule has 3 rings (SSSR count). The third-order valence-electron chi connectivity index (χ3n) is 4.00. The molecule has 0 spiro atoms. The molecule has 2 aromatic carbocycles. The number of aryl methyl sites for hydroxylation is 1. The van der Waals surface area contributed by atoms with Crippen molar-refractivity contribution in [3.05, 3.63) is 89.2 Å². The van der Waals surface area contributed by atoms with Gasteiger partial charge in [0.1, 0.15) is 6.04 Å². The Labute approximate surface area is 146 Å². The van der Waals surface area contributed by atoms with Crippen molar-refractivity contribution in [2.75, 3.05) is 5.32 Å². The van der Waals surface area contributed by atoms with Crippen molar-refractivity contribution in [2.45, 2.75) is 19.4 Å². The Hall–Kier alpha value is -2.52. The molecule has 1 N–H and O–H groups in total. The molecule has 4 heteroatoms. The van der Waals surface area contributed by atoms with Gasteiger partial charge in [-0.1, -0.05) is 48.0 Å². The van der Waals surface area contributed by atoms with Gasteiger partial charge in [-0.15, -0.1) is 0 Å². The maximum Gasteiger partial charge on any atom is 0.247 e. The van der Waals surface area contributed by atoms with Gasteiger partial charge in [-0.3, -0.25) is 4.79 Å². The number of halogens is 1. The van der Waals surface area contributed by atoms with Crippen molar-refractivity contribution in [1.29, 1.82) is 0 Å². The van der Waals surface area contributed by atoms with Crippen LogP contribution < -0.4 is 5.32 Å². The Morgan fingerprint density at radius 3 is 2.46 bits per heavy atom. The average molecular weight is 339 g/mol. The lowest BCUT2D eigenvalue weighted by Crippen LogP contribution is -2.27. The first kappa shape index (κ1) is 16.3. The molecule has 24 heavy (non-hydrogen) atoms. The predicted octanol–water partition coefficient (Wildman–Crippen LogP) is 4.87. The van der Waals surface area contributed by atoms with Crippen molar-refractivity contribution in [1.82, 2.24) is 4.57 Å². The van der Waals surface area contributed by atoms with Crippen LogP contribution in [-0.2, 0) is 11.2 Å². The highest BCUT2D eigenvalue weighted by Crippen LogP contribution is 2.22. The van der Waals surface area contributed by atoms with Crippen LogP contribution in [0, 0.1) is 6.92 Å². The summed E-state index contributed by atoms with van der Waals surface area (Å²) in [7, 11) is 0. The number of amides is 1. The van der Waals surface area contributed by atoms with Gasteiger partial charge in [-0.25, -0.2) is 0 Å². The predicted molar refractivity (Wildman–Crippen MR) is 98.4 cm³/mol. The molecule has 1 atom stereocenters. The van der Waals surface area contributed by atoms with E-state index in [0.29, 0.717) is 17.1 Å². The molecule has 3 nitrogen and oxygen atoms in total. The summed E-state index contributed by atoms with van der Waals surface area (Å²) in [5.74, 6) is -0.0602. The Morgan fingerprint density at radius 1 is 1.08 bits per heavy atom. The lowest BCUT2D eigenvalue weighted by molar-refractivity contribution is -0.119. The molecule has 1 heterocycles. The van der Waals surface area contributed by atoms with Gasteiger partial charge in [0.15, 0.2) is 0 Å². The zero-order chi connectivity index (χ0) is 16.9. The summed E-state index contributed by atoms with van der Waals surface area (Å²) in [4.78, 5) is 12.8. The van der Waals surface area contributed by atoms with Crippen LogP contribution >= 0.6 is 11.6 Å². The van der Waals surface area contributed by atoms with Crippen LogP contribution in [0.4, 0.5) is 5.69 Å². The molecular weight excluding hydrogens is 320 g/mol. The van der Waals surface area contributed by atoms with E-state index in [-0.39, 0.29) is 11.9 Å². The topological polar surface area (TPSA) is 34.0 Å². The van der Waals surface area contributed by atoms with E-state index in [4.69, 9.17) is 11.6 Å². The number of carbonyl (C=O) groups is 1. The van der Waals surface area contributed by atoms with Crippen LogP contribution in [0.15, 0.2) is 73.1 Å². The van der Waals surface area contributed by atoms with E-state index in [1.165, 1.54) is 0 Å². The van der Waals surface area contributed by atoms with E-state index >= 15 is 0 Å². The van der Waals surface area contributed by atoms with E-state index in [0.717, 1.165) is 11.1 Å². The number of hydrogen-bond acceptors (Lipinski definition) is 1. The molecule has 0 fully saturated rings. The molecular formula is C20H19ClN2O. The van der Waals surface area contributed by atoms with Crippen LogP contribution in [-0.4, -0.2) is 10.5 Å². The molecule has 0 aliphatic rings. The van der Waals surface area contributed by atoms with E-state index in [2.05, 4.69) is 5.32 Å². The lowest BCUT2D eigenvalue weighted by atomic mass is 10.0. The van der Waals surface area contributed by atoms with E-state index in [1.54, 1.807) is 6.07 Å². The van der Waals surface area contributed by atoms with Crippen LogP contribution in [0.1, 0.15) is 17.2 Å². The van der Waals surface area contributed by atoms with Crippen LogP contribution in [0.25, 0.3) is 0 Å². The summed E-state index contributed by atoms with van der Waals surface area (Å²) in [6, 6.07) is 19.1. The highest BCUT2D eigenvalue weighted by molar-refractivity contribution is 6.31. The van der Waals surface area contributed by atoms with E-state index in [1.807, 2.05) is 78.5 Å². The fourth-order valence-electron chi connectivity index (χ4n) is 2.62. The molecule has 1 unspecified atom stereocenters. The monoisotopic (exact) mass is 338 g/mol. The minimum absolute atomic E-state index is 0.0602. The normalized spacial score (nSPS) is 11.9. The molecule has 3 aromatic rings. The van der Waals surface area contributed by atoms with Crippen LogP contribution in [0.3, 0.4) is 0 Å². The number of hydrogen-bond donors (Lipinski definition) is 1. The first-order valence-corrected chi connectivity index (χ1v) is 8.24. The largest absolute Gasteiger partial charge is 0.342 e. The van der Waals surface area contributed by atoms with Crippen molar-refractivity contribution >= 4 is 23.2 Å². The highest BCUT2D eigenvalue weighted by Gasteiger charge is 2.20. The van der Waals surface area contributed by atoms with Gasteiger partial charge in [0.2, 0.25) is 5.91 Å². The van der Waals surface area contributed by atoms with Crippen LogP contribution in [0.5, 0.6) is 0 Å². The summed E-state index contributed by atoms with van der Waals surface area (Å²) < 4.78 is 1.93. The summed E-state index contributed by atoms with van der Waals surface area (Å²) in [6.07, 6.45) is 4.45. The van der Waals surface area contributed by atoms with Gasteiger partial charge in [0, 0.05) is 29.5 Å². The van der Waals surface area contributed by atoms with Gasteiger partial charge >= 0.3 is 0 Å². The molecule has 1 aromatic heterocycles. The SMILES string of the molecule is Cc1ccc(NC(=O)C(Cc2ccccc2)n2cccc2)cc1Cl.